The van der Waals surface area contributed by atoms with Gasteiger partial charge in [0.1, 0.15) is 11.6 Å². The third kappa shape index (κ3) is 5.21. The molecular formula is C16H15F3N2O2. The summed E-state index contributed by atoms with van der Waals surface area (Å²) in [6, 6.07) is 11.1. The molecule has 0 spiro atoms. The molecular weight excluding hydrogens is 309 g/mol. The molecule has 0 fully saturated rings. The monoisotopic (exact) mass is 324 g/mol. The predicted octanol–water partition coefficient (Wildman–Crippen LogP) is 4.09. The highest BCUT2D eigenvalue weighted by atomic mass is 19.3. The van der Waals surface area contributed by atoms with E-state index < -0.39 is 12.6 Å². The van der Waals surface area contributed by atoms with Crippen molar-refractivity contribution in [3.05, 3.63) is 59.9 Å². The van der Waals surface area contributed by atoms with Crippen molar-refractivity contribution in [2.24, 2.45) is 0 Å². The number of hydrogen-bond acceptors (Lipinski definition) is 2. The minimum Gasteiger partial charge on any atom is -0.435 e. The van der Waals surface area contributed by atoms with E-state index in [2.05, 4.69) is 10.1 Å². The molecule has 0 unspecified atom stereocenters. The van der Waals surface area contributed by atoms with Crippen LogP contribution in [0.5, 0.6) is 5.75 Å². The van der Waals surface area contributed by atoms with Gasteiger partial charge in [-0.3, -0.25) is 0 Å². The van der Waals surface area contributed by atoms with E-state index in [-0.39, 0.29) is 18.1 Å². The molecule has 0 aliphatic heterocycles. The fourth-order valence-electron chi connectivity index (χ4n) is 1.92. The number of urea groups is 1. The topological polar surface area (TPSA) is 41.6 Å². The maximum absolute atomic E-state index is 13.1. The maximum Gasteiger partial charge on any atom is 0.387 e. The molecule has 2 amide bonds. The van der Waals surface area contributed by atoms with E-state index in [1.165, 1.54) is 41.3 Å². The summed E-state index contributed by atoms with van der Waals surface area (Å²) in [7, 11) is 1.56. The number of nitrogens with one attached hydrogen (secondary N) is 1. The van der Waals surface area contributed by atoms with Crippen molar-refractivity contribution < 1.29 is 22.7 Å². The highest BCUT2D eigenvalue weighted by Gasteiger charge is 2.10. The Morgan fingerprint density at radius 1 is 1.22 bits per heavy atom. The van der Waals surface area contributed by atoms with Crippen molar-refractivity contribution in [2.75, 3.05) is 12.4 Å². The van der Waals surface area contributed by atoms with Crippen LogP contribution in [0.1, 0.15) is 5.56 Å². The number of benzene rings is 2. The van der Waals surface area contributed by atoms with Gasteiger partial charge in [-0.1, -0.05) is 12.1 Å². The summed E-state index contributed by atoms with van der Waals surface area (Å²) in [6.45, 7) is -2.66. The Kier molecular flexibility index (Phi) is 5.46. The number of amides is 2. The zero-order chi connectivity index (χ0) is 16.8. The lowest BCUT2D eigenvalue weighted by atomic mass is 10.2. The maximum atomic E-state index is 13.1. The zero-order valence-electron chi connectivity index (χ0n) is 12.3. The van der Waals surface area contributed by atoms with Gasteiger partial charge in [0.05, 0.1) is 0 Å². The van der Waals surface area contributed by atoms with Crippen LogP contribution in [0.4, 0.5) is 23.7 Å². The molecule has 122 valence electrons. The average Bonchev–Trinajstić information content (AvgIpc) is 2.48. The van der Waals surface area contributed by atoms with Crippen LogP contribution >= 0.6 is 0 Å². The first-order chi connectivity index (χ1) is 10.9. The average molecular weight is 324 g/mol. The summed E-state index contributed by atoms with van der Waals surface area (Å²) in [4.78, 5) is 13.4. The van der Waals surface area contributed by atoms with Gasteiger partial charge in [0.15, 0.2) is 0 Å². The lowest BCUT2D eigenvalue weighted by Gasteiger charge is -2.18. The van der Waals surface area contributed by atoms with Crippen molar-refractivity contribution in [1.82, 2.24) is 4.90 Å². The normalized spacial score (nSPS) is 10.5. The minimum absolute atomic E-state index is 0.00566. The van der Waals surface area contributed by atoms with Crippen LogP contribution in [0.3, 0.4) is 0 Å². The molecule has 0 saturated carbocycles. The number of anilines is 1. The van der Waals surface area contributed by atoms with Crippen molar-refractivity contribution in [2.45, 2.75) is 13.2 Å². The van der Waals surface area contributed by atoms with Crippen LogP contribution in [-0.4, -0.2) is 24.6 Å². The largest absolute Gasteiger partial charge is 0.435 e. The van der Waals surface area contributed by atoms with Gasteiger partial charge in [0.2, 0.25) is 0 Å². The summed E-state index contributed by atoms with van der Waals surface area (Å²) in [5.74, 6) is -0.364. The Morgan fingerprint density at radius 3 is 2.52 bits per heavy atom. The predicted molar refractivity (Wildman–Crippen MR) is 80.0 cm³/mol. The van der Waals surface area contributed by atoms with Gasteiger partial charge in [0, 0.05) is 19.3 Å². The third-order valence-electron chi connectivity index (χ3n) is 2.99. The summed E-state index contributed by atoms with van der Waals surface area (Å²) in [5.41, 5.74) is 1.09. The lowest BCUT2D eigenvalue weighted by molar-refractivity contribution is -0.0498. The second-order valence-electron chi connectivity index (χ2n) is 4.82. The molecule has 0 aliphatic carbocycles. The number of rotatable bonds is 5. The molecule has 0 aliphatic rings. The smallest absolute Gasteiger partial charge is 0.387 e. The van der Waals surface area contributed by atoms with Gasteiger partial charge in [-0.25, -0.2) is 9.18 Å². The number of carbonyl (C=O) groups is 1. The van der Waals surface area contributed by atoms with Crippen LogP contribution in [0, 0.1) is 5.82 Å². The number of alkyl halides is 2. The van der Waals surface area contributed by atoms with Crippen LogP contribution in [0.15, 0.2) is 48.5 Å². The molecule has 2 rings (SSSR count). The Bertz CT molecular complexity index is 663. The second-order valence-corrected chi connectivity index (χ2v) is 4.82. The van der Waals surface area contributed by atoms with Crippen molar-refractivity contribution in [3.63, 3.8) is 0 Å². The third-order valence-corrected chi connectivity index (χ3v) is 2.99. The zero-order valence-corrected chi connectivity index (χ0v) is 12.3. The molecule has 0 bridgehead atoms. The number of carbonyl (C=O) groups excluding carboxylic acids is 1. The van der Waals surface area contributed by atoms with E-state index in [9.17, 15) is 18.0 Å². The molecule has 1 N–H and O–H groups in total. The van der Waals surface area contributed by atoms with Crippen LogP contribution < -0.4 is 10.1 Å². The highest BCUT2D eigenvalue weighted by Crippen LogP contribution is 2.18. The standard InChI is InChI=1S/C16H15F3N2O2/c1-21(10-11-3-2-4-12(17)9-11)16(22)20-13-5-7-14(8-6-13)23-15(18)19/h2-9,15H,10H2,1H3,(H,20,22). The molecule has 0 atom stereocenters. The van der Waals surface area contributed by atoms with Gasteiger partial charge in [-0.15, -0.1) is 0 Å². The summed E-state index contributed by atoms with van der Waals surface area (Å²) in [6.07, 6.45) is 0. The molecule has 0 heterocycles. The lowest BCUT2D eigenvalue weighted by Crippen LogP contribution is -2.30. The minimum atomic E-state index is -2.90. The highest BCUT2D eigenvalue weighted by molar-refractivity contribution is 5.89. The molecule has 4 nitrogen and oxygen atoms in total. The van der Waals surface area contributed by atoms with Crippen LogP contribution in [-0.2, 0) is 6.54 Å². The van der Waals surface area contributed by atoms with E-state index in [0.717, 1.165) is 0 Å². The second kappa shape index (κ2) is 7.53. The molecule has 2 aromatic rings. The number of halogens is 3. The van der Waals surface area contributed by atoms with Crippen molar-refractivity contribution in [1.29, 1.82) is 0 Å². The number of nitrogens with zero attached hydrogens (tertiary/aromatic N) is 1. The molecule has 0 saturated heterocycles. The molecule has 0 radical (unpaired) electrons. The van der Waals surface area contributed by atoms with E-state index in [1.807, 2.05) is 0 Å². The van der Waals surface area contributed by atoms with Crippen LogP contribution in [0.25, 0.3) is 0 Å². The molecule has 2 aromatic carbocycles. The quantitative estimate of drug-likeness (QED) is 0.900. The van der Waals surface area contributed by atoms with E-state index in [1.54, 1.807) is 19.2 Å². The fourth-order valence-corrected chi connectivity index (χ4v) is 1.92. The van der Waals surface area contributed by atoms with E-state index >= 15 is 0 Å². The molecule has 0 aromatic heterocycles. The molecule has 7 heteroatoms. The Morgan fingerprint density at radius 2 is 1.91 bits per heavy atom. The van der Waals surface area contributed by atoms with Gasteiger partial charge in [-0.2, -0.15) is 8.78 Å². The van der Waals surface area contributed by atoms with Crippen LogP contribution in [0.2, 0.25) is 0 Å². The first kappa shape index (κ1) is 16.7. The summed E-state index contributed by atoms with van der Waals surface area (Å²) in [5, 5.41) is 2.61. The Labute approximate surface area is 131 Å². The first-order valence-corrected chi connectivity index (χ1v) is 6.75. The van der Waals surface area contributed by atoms with Gasteiger partial charge in [-0.05, 0) is 42.0 Å². The Balaban J connectivity index is 1.92. The van der Waals surface area contributed by atoms with E-state index in [4.69, 9.17) is 0 Å². The fraction of sp³-hybridized carbons (Fsp3) is 0.188. The molecule has 23 heavy (non-hydrogen) atoms. The number of hydrogen-bond donors (Lipinski definition) is 1. The van der Waals surface area contributed by atoms with Gasteiger partial charge >= 0.3 is 12.6 Å². The number of ether oxygens (including phenoxy) is 1. The van der Waals surface area contributed by atoms with Crippen molar-refractivity contribution >= 4 is 11.7 Å². The summed E-state index contributed by atoms with van der Waals surface area (Å²) < 4.78 is 41.4. The Hall–Kier alpha value is -2.70. The summed E-state index contributed by atoms with van der Waals surface area (Å²) >= 11 is 0. The van der Waals surface area contributed by atoms with Crippen molar-refractivity contribution in [3.8, 4) is 5.75 Å². The van der Waals surface area contributed by atoms with Gasteiger partial charge < -0.3 is 15.0 Å². The van der Waals surface area contributed by atoms with Gasteiger partial charge in [0.25, 0.3) is 0 Å². The van der Waals surface area contributed by atoms with E-state index in [0.29, 0.717) is 11.3 Å². The first-order valence-electron chi connectivity index (χ1n) is 6.75. The SMILES string of the molecule is CN(Cc1cccc(F)c1)C(=O)Nc1ccc(OC(F)F)cc1.